The van der Waals surface area contributed by atoms with Gasteiger partial charge in [0.1, 0.15) is 5.75 Å². The Morgan fingerprint density at radius 1 is 0.929 bits per heavy atom. The number of aliphatic hydroxyl groups is 1. The molecule has 0 aliphatic rings. The van der Waals surface area contributed by atoms with E-state index in [0.717, 1.165) is 35.1 Å². The lowest BCUT2D eigenvalue weighted by atomic mass is 9.70. The summed E-state index contributed by atoms with van der Waals surface area (Å²) in [6.07, 6.45) is -5.76. The number of aliphatic hydroxyl groups excluding tert-OH is 1. The minimum atomic E-state index is -4.75. The predicted octanol–water partition coefficient (Wildman–Crippen LogP) is 5.39. The molecular weight excluding hydrogens is 365 g/mol. The molecule has 0 aliphatic carbocycles. The Morgan fingerprint density at radius 3 is 1.93 bits per heavy atom. The zero-order valence-corrected chi connectivity index (χ0v) is 16.5. The first-order valence-electron chi connectivity index (χ1n) is 9.22. The number of rotatable bonds is 4. The largest absolute Gasteiger partial charge is 0.508 e. The molecule has 2 N–H and O–H groups in total. The van der Waals surface area contributed by atoms with Crippen LogP contribution < -0.4 is 0 Å². The van der Waals surface area contributed by atoms with Crippen molar-refractivity contribution in [1.82, 2.24) is 0 Å². The van der Waals surface area contributed by atoms with Crippen LogP contribution in [0.5, 0.6) is 5.75 Å². The second kappa shape index (κ2) is 8.28. The second-order valence-electron chi connectivity index (χ2n) is 7.03. The van der Waals surface area contributed by atoms with Gasteiger partial charge >= 0.3 is 6.18 Å². The van der Waals surface area contributed by atoms with E-state index in [1.165, 1.54) is 0 Å². The summed E-state index contributed by atoms with van der Waals surface area (Å²) in [7, 11) is 0. The third-order valence-corrected chi connectivity index (χ3v) is 5.39. The molecule has 0 heterocycles. The van der Waals surface area contributed by atoms with Gasteiger partial charge in [0.25, 0.3) is 0 Å². The van der Waals surface area contributed by atoms with Gasteiger partial charge in [-0.3, -0.25) is 0 Å². The molecule has 1 atom stereocenters. The molecule has 5 heteroatoms. The fourth-order valence-electron chi connectivity index (χ4n) is 3.52. The SMILES string of the molecule is CCC(CC)(c1ccc(O)c(C)c1)c1ccc(C#CC(O)C(F)(F)F)c(C)c1. The maximum absolute atomic E-state index is 12.4. The third-order valence-electron chi connectivity index (χ3n) is 5.39. The predicted molar refractivity (Wildman–Crippen MR) is 104 cm³/mol. The van der Waals surface area contributed by atoms with Gasteiger partial charge in [-0.15, -0.1) is 0 Å². The molecule has 0 amide bonds. The van der Waals surface area contributed by atoms with Crippen LogP contribution in [0.25, 0.3) is 0 Å². The van der Waals surface area contributed by atoms with E-state index < -0.39 is 12.3 Å². The minimum Gasteiger partial charge on any atom is -0.508 e. The molecule has 0 bridgehead atoms. The van der Waals surface area contributed by atoms with Gasteiger partial charge in [0.05, 0.1) is 0 Å². The topological polar surface area (TPSA) is 40.5 Å². The Bertz CT molecular complexity index is 900. The smallest absolute Gasteiger partial charge is 0.425 e. The van der Waals surface area contributed by atoms with Crippen LogP contribution in [0.2, 0.25) is 0 Å². The molecule has 1 unspecified atom stereocenters. The first-order chi connectivity index (χ1) is 13.0. The highest BCUT2D eigenvalue weighted by atomic mass is 19.4. The van der Waals surface area contributed by atoms with E-state index in [4.69, 9.17) is 5.11 Å². The molecule has 0 radical (unpaired) electrons. The van der Waals surface area contributed by atoms with Crippen LogP contribution in [0.15, 0.2) is 36.4 Å². The van der Waals surface area contributed by atoms with E-state index in [1.807, 2.05) is 37.1 Å². The van der Waals surface area contributed by atoms with Gasteiger partial charge in [0.2, 0.25) is 6.10 Å². The van der Waals surface area contributed by atoms with Crippen molar-refractivity contribution in [3.8, 4) is 17.6 Å². The van der Waals surface area contributed by atoms with E-state index in [2.05, 4.69) is 19.8 Å². The second-order valence-corrected chi connectivity index (χ2v) is 7.03. The van der Waals surface area contributed by atoms with Crippen LogP contribution in [0.1, 0.15) is 54.5 Å². The molecule has 0 spiro atoms. The van der Waals surface area contributed by atoms with Crippen molar-refractivity contribution >= 4 is 0 Å². The van der Waals surface area contributed by atoms with Crippen LogP contribution in [-0.4, -0.2) is 22.5 Å². The van der Waals surface area contributed by atoms with E-state index in [1.54, 1.807) is 19.1 Å². The normalized spacial score (nSPS) is 13.0. The standard InChI is InChI=1S/C23H25F3O2/c1-5-22(6-2,19-10-11-20(27)16(4)14-19)18-9-7-17(15(3)13-18)8-12-21(28)23(24,25)26/h7,9-11,13-14,21,27-28H,5-6H2,1-4H3. The molecule has 28 heavy (non-hydrogen) atoms. The summed E-state index contributed by atoms with van der Waals surface area (Å²) >= 11 is 0. The summed E-state index contributed by atoms with van der Waals surface area (Å²) in [4.78, 5) is 0. The Kier molecular flexibility index (Phi) is 6.46. The van der Waals surface area contributed by atoms with E-state index in [0.29, 0.717) is 5.56 Å². The van der Waals surface area contributed by atoms with Crippen molar-refractivity contribution in [3.05, 3.63) is 64.2 Å². The molecule has 2 nitrogen and oxygen atoms in total. The summed E-state index contributed by atoms with van der Waals surface area (Å²) in [5.74, 6) is 4.55. The zero-order chi connectivity index (χ0) is 21.1. The summed E-state index contributed by atoms with van der Waals surface area (Å²) in [6.45, 7) is 7.83. The van der Waals surface area contributed by atoms with Gasteiger partial charge < -0.3 is 10.2 Å². The molecule has 0 fully saturated rings. The fourth-order valence-corrected chi connectivity index (χ4v) is 3.52. The first kappa shape index (κ1) is 21.8. The molecule has 2 rings (SSSR count). The highest BCUT2D eigenvalue weighted by Gasteiger charge is 2.37. The Balaban J connectivity index is 2.49. The molecule has 0 saturated carbocycles. The summed E-state index contributed by atoms with van der Waals surface area (Å²) < 4.78 is 37.3. The summed E-state index contributed by atoms with van der Waals surface area (Å²) in [6, 6.07) is 11.1. The van der Waals surface area contributed by atoms with Gasteiger partial charge in [0.15, 0.2) is 0 Å². The van der Waals surface area contributed by atoms with E-state index >= 15 is 0 Å². The van der Waals surface area contributed by atoms with Gasteiger partial charge in [-0.2, -0.15) is 13.2 Å². The number of hydrogen-bond acceptors (Lipinski definition) is 2. The summed E-state index contributed by atoms with van der Waals surface area (Å²) in [5, 5.41) is 18.9. The number of phenols is 1. The van der Waals surface area contributed by atoms with Gasteiger partial charge in [-0.05, 0) is 61.1 Å². The minimum absolute atomic E-state index is 0.245. The van der Waals surface area contributed by atoms with Crippen molar-refractivity contribution in [2.75, 3.05) is 0 Å². The van der Waals surface area contributed by atoms with Crippen molar-refractivity contribution in [1.29, 1.82) is 0 Å². The van der Waals surface area contributed by atoms with Crippen LogP contribution in [-0.2, 0) is 5.41 Å². The lowest BCUT2D eigenvalue weighted by molar-refractivity contribution is -0.184. The quantitative estimate of drug-likeness (QED) is 0.687. The van der Waals surface area contributed by atoms with Gasteiger partial charge in [0, 0.05) is 11.0 Å². The molecular formula is C23H25F3O2. The molecule has 2 aromatic rings. The third kappa shape index (κ3) is 4.34. The van der Waals surface area contributed by atoms with E-state index in [9.17, 15) is 18.3 Å². The van der Waals surface area contributed by atoms with Crippen molar-refractivity contribution in [3.63, 3.8) is 0 Å². The summed E-state index contributed by atoms with van der Waals surface area (Å²) in [5.41, 5.74) is 3.85. The lowest BCUT2D eigenvalue weighted by Gasteiger charge is -2.34. The van der Waals surface area contributed by atoms with Crippen molar-refractivity contribution in [2.24, 2.45) is 0 Å². The Labute approximate surface area is 164 Å². The maximum atomic E-state index is 12.4. The number of hydrogen-bond donors (Lipinski definition) is 2. The molecule has 0 aliphatic heterocycles. The zero-order valence-electron chi connectivity index (χ0n) is 16.5. The van der Waals surface area contributed by atoms with Crippen LogP contribution in [0.4, 0.5) is 13.2 Å². The monoisotopic (exact) mass is 390 g/mol. The Hall–Kier alpha value is -2.45. The Morgan fingerprint density at radius 2 is 1.46 bits per heavy atom. The van der Waals surface area contributed by atoms with Crippen LogP contribution in [0, 0.1) is 25.7 Å². The molecule has 150 valence electrons. The number of aromatic hydroxyl groups is 1. The number of halogens is 3. The van der Waals surface area contributed by atoms with Crippen molar-refractivity contribution < 1.29 is 23.4 Å². The molecule has 2 aromatic carbocycles. The van der Waals surface area contributed by atoms with Crippen LogP contribution in [0.3, 0.4) is 0 Å². The fraction of sp³-hybridized carbons (Fsp3) is 0.391. The molecule has 0 aromatic heterocycles. The average molecular weight is 390 g/mol. The maximum Gasteiger partial charge on any atom is 0.425 e. The van der Waals surface area contributed by atoms with Gasteiger partial charge in [-0.1, -0.05) is 50.0 Å². The first-order valence-corrected chi connectivity index (χ1v) is 9.22. The lowest BCUT2D eigenvalue weighted by Crippen LogP contribution is -2.27. The van der Waals surface area contributed by atoms with Crippen molar-refractivity contribution in [2.45, 2.75) is 58.2 Å². The number of aryl methyl sites for hydroxylation is 2. The average Bonchev–Trinajstić information content (AvgIpc) is 2.64. The van der Waals surface area contributed by atoms with Gasteiger partial charge in [-0.25, -0.2) is 0 Å². The number of benzene rings is 2. The number of phenolic OH excluding ortho intramolecular Hbond substituents is 1. The van der Waals surface area contributed by atoms with E-state index in [-0.39, 0.29) is 11.2 Å². The highest BCUT2D eigenvalue weighted by Crippen LogP contribution is 2.40. The number of alkyl halides is 3. The molecule has 0 saturated heterocycles. The highest BCUT2D eigenvalue weighted by molar-refractivity contribution is 5.49. The van der Waals surface area contributed by atoms with Crippen LogP contribution >= 0.6 is 0 Å².